The lowest BCUT2D eigenvalue weighted by atomic mass is 9.80. The number of para-hydroxylation sites is 1. The molecule has 2 heterocycles. The van der Waals surface area contributed by atoms with Crippen LogP contribution in [0.5, 0.6) is 5.75 Å². The smallest absolute Gasteiger partial charge is 0.351 e. The van der Waals surface area contributed by atoms with Crippen LogP contribution in [0.4, 0.5) is 0 Å². The third kappa shape index (κ3) is 4.33. The molecule has 7 nitrogen and oxygen atoms in total. The largest absolute Gasteiger partial charge is 0.493 e. The van der Waals surface area contributed by atoms with Crippen molar-refractivity contribution < 1.29 is 28.2 Å². The van der Waals surface area contributed by atoms with E-state index in [1.54, 1.807) is 24.3 Å². The zero-order valence-corrected chi connectivity index (χ0v) is 18.7. The molecule has 34 heavy (non-hydrogen) atoms. The van der Waals surface area contributed by atoms with E-state index in [2.05, 4.69) is 6.92 Å². The van der Waals surface area contributed by atoms with Crippen LogP contribution in [0, 0.1) is 5.92 Å². The molecule has 0 N–H and O–H groups in total. The molecular weight excluding hydrogens is 436 g/mol. The highest BCUT2D eigenvalue weighted by Crippen LogP contribution is 2.35. The van der Waals surface area contributed by atoms with Gasteiger partial charge >= 0.3 is 11.6 Å². The second kappa shape index (κ2) is 9.17. The van der Waals surface area contributed by atoms with Crippen molar-refractivity contribution in [3.8, 4) is 5.75 Å². The summed E-state index contributed by atoms with van der Waals surface area (Å²) in [5.41, 5.74) is 0.705. The molecule has 1 saturated carbocycles. The van der Waals surface area contributed by atoms with Crippen LogP contribution >= 0.6 is 0 Å². The van der Waals surface area contributed by atoms with E-state index in [-0.39, 0.29) is 23.0 Å². The molecule has 174 valence electrons. The van der Waals surface area contributed by atoms with E-state index in [1.807, 2.05) is 24.3 Å². The topological polar surface area (TPSA) is 92.0 Å². The fourth-order valence-electron chi connectivity index (χ4n) is 4.45. The summed E-state index contributed by atoms with van der Waals surface area (Å²) in [5, 5.41) is 0.640. The summed E-state index contributed by atoms with van der Waals surface area (Å²) in [6.45, 7) is 2.07. The van der Waals surface area contributed by atoms with E-state index in [0.29, 0.717) is 36.0 Å². The molecule has 7 heteroatoms. The second-order valence-electron chi connectivity index (χ2n) is 8.55. The normalized spacial score (nSPS) is 21.9. The standard InChI is InChI=1S/C27H24O7/c1-2-16-7-9-18(10-8-16)32-24-15-31-23-14-19(11-12-20(23)25(24)28)33-26(29)21-13-17-5-3-4-6-22(17)34-27(21)30/h3-10,13,15,19-20,23H,2,11-12,14H2,1H3. The van der Waals surface area contributed by atoms with Gasteiger partial charge in [0.2, 0.25) is 11.5 Å². The number of benzene rings is 2. The van der Waals surface area contributed by atoms with Crippen LogP contribution in [0.25, 0.3) is 11.0 Å². The molecule has 2 aliphatic rings. The maximum atomic E-state index is 13.0. The van der Waals surface area contributed by atoms with Gasteiger partial charge in [0.05, 0.1) is 5.92 Å². The third-order valence-corrected chi connectivity index (χ3v) is 6.37. The maximum absolute atomic E-state index is 13.0. The van der Waals surface area contributed by atoms with E-state index < -0.39 is 23.8 Å². The minimum Gasteiger partial charge on any atom is -0.493 e. The molecule has 0 saturated heterocycles. The van der Waals surface area contributed by atoms with Crippen molar-refractivity contribution in [2.24, 2.45) is 5.92 Å². The Morgan fingerprint density at radius 3 is 2.65 bits per heavy atom. The summed E-state index contributed by atoms with van der Waals surface area (Å²) in [6.07, 6.45) is 2.72. The summed E-state index contributed by atoms with van der Waals surface area (Å²) in [5.74, 6) is -0.461. The lowest BCUT2D eigenvalue weighted by Gasteiger charge is -2.36. The van der Waals surface area contributed by atoms with Crippen molar-refractivity contribution in [3.05, 3.63) is 88.2 Å². The summed E-state index contributed by atoms with van der Waals surface area (Å²) in [7, 11) is 0. The first-order valence-electron chi connectivity index (χ1n) is 11.4. The predicted octanol–water partition coefficient (Wildman–Crippen LogP) is 4.57. The van der Waals surface area contributed by atoms with Crippen LogP contribution in [0.3, 0.4) is 0 Å². The van der Waals surface area contributed by atoms with E-state index in [0.717, 1.165) is 6.42 Å². The number of ether oxygens (including phenoxy) is 3. The Kier molecular flexibility index (Phi) is 5.92. The molecule has 5 rings (SSSR count). The fourth-order valence-corrected chi connectivity index (χ4v) is 4.45. The number of aryl methyl sites for hydroxylation is 1. The molecule has 3 aromatic rings. The second-order valence-corrected chi connectivity index (χ2v) is 8.55. The Labute approximate surface area is 195 Å². The van der Waals surface area contributed by atoms with Crippen molar-refractivity contribution in [2.75, 3.05) is 0 Å². The number of allylic oxidation sites excluding steroid dienone is 1. The first-order chi connectivity index (χ1) is 16.5. The quantitative estimate of drug-likeness (QED) is 0.407. The number of rotatable bonds is 5. The van der Waals surface area contributed by atoms with Crippen molar-refractivity contribution in [2.45, 2.75) is 44.8 Å². The third-order valence-electron chi connectivity index (χ3n) is 6.37. The summed E-state index contributed by atoms with van der Waals surface area (Å²) in [4.78, 5) is 37.9. The van der Waals surface area contributed by atoms with Crippen LogP contribution in [-0.2, 0) is 20.7 Å². The molecule has 3 unspecified atom stereocenters. The molecular formula is C27H24O7. The zero-order valence-electron chi connectivity index (χ0n) is 18.7. The minimum absolute atomic E-state index is 0.115. The van der Waals surface area contributed by atoms with Gasteiger partial charge in [0.1, 0.15) is 35.4 Å². The van der Waals surface area contributed by atoms with E-state index in [1.165, 1.54) is 17.9 Å². The number of hydrogen-bond donors (Lipinski definition) is 0. The number of hydrogen-bond acceptors (Lipinski definition) is 7. The Morgan fingerprint density at radius 1 is 1.06 bits per heavy atom. The van der Waals surface area contributed by atoms with E-state index in [9.17, 15) is 14.4 Å². The zero-order chi connectivity index (χ0) is 23.7. The van der Waals surface area contributed by atoms with Gasteiger partial charge < -0.3 is 18.6 Å². The highest BCUT2D eigenvalue weighted by atomic mass is 16.6. The molecule has 1 aliphatic carbocycles. The highest BCUT2D eigenvalue weighted by Gasteiger charge is 2.42. The molecule has 0 bridgehead atoms. The van der Waals surface area contributed by atoms with Gasteiger partial charge in [-0.2, -0.15) is 0 Å². The number of fused-ring (bicyclic) bond motifs is 2. The van der Waals surface area contributed by atoms with Crippen LogP contribution < -0.4 is 10.4 Å². The number of esters is 1. The SMILES string of the molecule is CCc1ccc(OC2=COC3CC(OC(=O)c4cc5ccccc5oc4=O)CCC3C2=O)cc1. The number of Topliss-reactive ketones (excluding diaryl/α,β-unsaturated/α-hetero) is 1. The molecule has 2 aromatic carbocycles. The number of carbonyl (C=O) groups excluding carboxylic acids is 2. The summed E-state index contributed by atoms with van der Waals surface area (Å²) in [6, 6.07) is 16.0. The van der Waals surface area contributed by atoms with E-state index in [4.69, 9.17) is 18.6 Å². The van der Waals surface area contributed by atoms with Gasteiger partial charge in [-0.15, -0.1) is 0 Å². The average molecular weight is 460 g/mol. The van der Waals surface area contributed by atoms with Crippen molar-refractivity contribution in [3.63, 3.8) is 0 Å². The van der Waals surface area contributed by atoms with Crippen LogP contribution in [0.15, 0.2) is 75.8 Å². The van der Waals surface area contributed by atoms with Gasteiger partial charge in [-0.3, -0.25) is 4.79 Å². The van der Waals surface area contributed by atoms with Crippen molar-refractivity contribution in [1.29, 1.82) is 0 Å². The highest BCUT2D eigenvalue weighted by molar-refractivity contribution is 5.96. The van der Waals surface area contributed by atoms with Gasteiger partial charge in [-0.1, -0.05) is 37.3 Å². The predicted molar refractivity (Wildman–Crippen MR) is 123 cm³/mol. The Hall–Kier alpha value is -3.87. The Balaban J connectivity index is 1.24. The summed E-state index contributed by atoms with van der Waals surface area (Å²) >= 11 is 0. The average Bonchev–Trinajstić information content (AvgIpc) is 2.85. The lowest BCUT2D eigenvalue weighted by Crippen LogP contribution is -2.43. The molecule has 1 aliphatic heterocycles. The lowest BCUT2D eigenvalue weighted by molar-refractivity contribution is -0.132. The molecule has 0 radical (unpaired) electrons. The first-order valence-corrected chi connectivity index (χ1v) is 11.4. The number of ketones is 1. The fraction of sp³-hybridized carbons (Fsp3) is 0.296. The van der Waals surface area contributed by atoms with Gasteiger partial charge in [0.25, 0.3) is 0 Å². The molecule has 0 amide bonds. The van der Waals surface area contributed by atoms with Crippen LogP contribution in [-0.4, -0.2) is 24.0 Å². The van der Waals surface area contributed by atoms with Crippen molar-refractivity contribution in [1.82, 2.24) is 0 Å². The Morgan fingerprint density at radius 2 is 1.85 bits per heavy atom. The van der Waals surface area contributed by atoms with Gasteiger partial charge in [-0.05, 0) is 49.1 Å². The van der Waals surface area contributed by atoms with Crippen LogP contribution in [0.2, 0.25) is 0 Å². The van der Waals surface area contributed by atoms with Gasteiger partial charge in [0.15, 0.2) is 0 Å². The van der Waals surface area contributed by atoms with Crippen molar-refractivity contribution >= 4 is 22.7 Å². The molecule has 0 spiro atoms. The van der Waals surface area contributed by atoms with E-state index >= 15 is 0 Å². The molecule has 1 fully saturated rings. The van der Waals surface area contributed by atoms with Crippen LogP contribution in [0.1, 0.15) is 42.1 Å². The molecule has 3 atom stereocenters. The molecule has 1 aromatic heterocycles. The maximum Gasteiger partial charge on any atom is 0.351 e. The first kappa shape index (κ1) is 21.9. The van der Waals surface area contributed by atoms with Gasteiger partial charge in [0, 0.05) is 11.8 Å². The Bertz CT molecular complexity index is 1320. The monoisotopic (exact) mass is 460 g/mol. The number of carbonyl (C=O) groups is 2. The summed E-state index contributed by atoms with van der Waals surface area (Å²) < 4.78 is 22.4. The minimum atomic E-state index is -0.738. The van der Waals surface area contributed by atoms with Gasteiger partial charge in [-0.25, -0.2) is 9.59 Å².